The zero-order valence-electron chi connectivity index (χ0n) is 14.4. The minimum Gasteiger partial charge on any atom is -0.497 e. The van der Waals surface area contributed by atoms with Gasteiger partial charge in [-0.15, -0.1) is 0 Å². The minimum atomic E-state index is -0.525. The number of hydrogen-bond acceptors (Lipinski definition) is 7. The van der Waals surface area contributed by atoms with Crippen LogP contribution in [0.4, 0.5) is 0 Å². The highest BCUT2D eigenvalue weighted by Crippen LogP contribution is 2.32. The van der Waals surface area contributed by atoms with Gasteiger partial charge in [0.2, 0.25) is 6.79 Å². The van der Waals surface area contributed by atoms with Crippen molar-refractivity contribution in [3.05, 3.63) is 47.5 Å². The summed E-state index contributed by atoms with van der Waals surface area (Å²) in [5, 5.41) is 0. The van der Waals surface area contributed by atoms with Crippen LogP contribution in [0.25, 0.3) is 0 Å². The molecule has 0 N–H and O–H groups in total. The number of fused-ring (bicyclic) bond motifs is 1. The fourth-order valence-corrected chi connectivity index (χ4v) is 2.50. The predicted octanol–water partition coefficient (Wildman–Crippen LogP) is 2.40. The molecule has 1 heterocycles. The van der Waals surface area contributed by atoms with Gasteiger partial charge in [0.25, 0.3) is 0 Å². The van der Waals surface area contributed by atoms with Gasteiger partial charge in [-0.1, -0.05) is 6.07 Å². The number of methoxy groups -OCH3 is 2. The van der Waals surface area contributed by atoms with E-state index in [1.54, 1.807) is 43.5 Å². The number of rotatable bonds is 7. The maximum absolute atomic E-state index is 12.2. The summed E-state index contributed by atoms with van der Waals surface area (Å²) in [5.74, 6) is 1.39. The van der Waals surface area contributed by atoms with Crippen LogP contribution in [0.1, 0.15) is 15.9 Å². The number of benzene rings is 2. The zero-order chi connectivity index (χ0) is 18.5. The molecule has 7 nitrogen and oxygen atoms in total. The molecule has 0 amide bonds. The molecule has 0 radical (unpaired) electrons. The Morgan fingerprint density at radius 1 is 1.00 bits per heavy atom. The first-order valence-electron chi connectivity index (χ1n) is 7.90. The van der Waals surface area contributed by atoms with E-state index in [-0.39, 0.29) is 25.6 Å². The molecule has 1 aliphatic heterocycles. The summed E-state index contributed by atoms with van der Waals surface area (Å²) < 4.78 is 25.9. The van der Waals surface area contributed by atoms with E-state index in [4.69, 9.17) is 23.7 Å². The van der Waals surface area contributed by atoms with Crippen molar-refractivity contribution in [2.75, 3.05) is 27.6 Å². The van der Waals surface area contributed by atoms with Crippen molar-refractivity contribution in [1.29, 1.82) is 0 Å². The summed E-state index contributed by atoms with van der Waals surface area (Å²) in [5.41, 5.74) is 1.04. The summed E-state index contributed by atoms with van der Waals surface area (Å²) in [6, 6.07) is 9.96. The SMILES string of the molecule is COc1ccc(CC(=O)OCC(=O)c2ccc3c(c2)OCO3)c(OC)c1. The lowest BCUT2D eigenvalue weighted by molar-refractivity contribution is -0.141. The van der Waals surface area contributed by atoms with Gasteiger partial charge in [0, 0.05) is 17.2 Å². The Kier molecular flexibility index (Phi) is 5.26. The first-order chi connectivity index (χ1) is 12.6. The Balaban J connectivity index is 1.58. The molecule has 0 unspecified atom stereocenters. The quantitative estimate of drug-likeness (QED) is 0.555. The van der Waals surface area contributed by atoms with Gasteiger partial charge in [-0.05, 0) is 24.3 Å². The van der Waals surface area contributed by atoms with E-state index >= 15 is 0 Å². The van der Waals surface area contributed by atoms with Crippen molar-refractivity contribution < 1.29 is 33.3 Å². The average molecular weight is 358 g/mol. The summed E-state index contributed by atoms with van der Waals surface area (Å²) in [6.07, 6.45) is -0.0123. The topological polar surface area (TPSA) is 80.3 Å². The molecule has 26 heavy (non-hydrogen) atoms. The molecule has 2 aromatic carbocycles. The van der Waals surface area contributed by atoms with Crippen LogP contribution < -0.4 is 18.9 Å². The van der Waals surface area contributed by atoms with Gasteiger partial charge in [0.1, 0.15) is 11.5 Å². The van der Waals surface area contributed by atoms with Crippen LogP contribution in [0.3, 0.4) is 0 Å². The van der Waals surface area contributed by atoms with E-state index in [1.165, 1.54) is 7.11 Å². The second-order valence-electron chi connectivity index (χ2n) is 5.51. The molecule has 0 saturated carbocycles. The molecule has 1 aliphatic rings. The number of Topliss-reactive ketones (excluding diaryl/α,β-unsaturated/α-hetero) is 1. The summed E-state index contributed by atoms with van der Waals surface area (Å²) in [4.78, 5) is 24.2. The van der Waals surface area contributed by atoms with E-state index in [1.807, 2.05) is 0 Å². The molecule has 0 aromatic heterocycles. The molecule has 0 bridgehead atoms. The molecule has 0 saturated heterocycles. The Bertz CT molecular complexity index is 829. The molecule has 0 spiro atoms. The third-order valence-electron chi connectivity index (χ3n) is 3.89. The second kappa shape index (κ2) is 7.77. The van der Waals surface area contributed by atoms with Gasteiger partial charge in [-0.2, -0.15) is 0 Å². The highest BCUT2D eigenvalue weighted by molar-refractivity contribution is 5.98. The Hall–Kier alpha value is -3.22. The first kappa shape index (κ1) is 17.6. The van der Waals surface area contributed by atoms with Crippen molar-refractivity contribution >= 4 is 11.8 Å². The Morgan fingerprint density at radius 3 is 2.58 bits per heavy atom. The maximum Gasteiger partial charge on any atom is 0.310 e. The number of ether oxygens (including phenoxy) is 5. The number of hydrogen-bond donors (Lipinski definition) is 0. The van der Waals surface area contributed by atoms with Gasteiger partial charge in [0.15, 0.2) is 23.9 Å². The highest BCUT2D eigenvalue weighted by Gasteiger charge is 2.18. The van der Waals surface area contributed by atoms with Crippen molar-refractivity contribution in [3.63, 3.8) is 0 Å². The predicted molar refractivity (Wildman–Crippen MR) is 91.1 cm³/mol. The number of carbonyl (C=O) groups excluding carboxylic acids is 2. The molecule has 0 atom stereocenters. The van der Waals surface area contributed by atoms with Crippen LogP contribution in [0, 0.1) is 0 Å². The van der Waals surface area contributed by atoms with Crippen LogP contribution in [-0.2, 0) is 16.0 Å². The third-order valence-corrected chi connectivity index (χ3v) is 3.89. The van der Waals surface area contributed by atoms with E-state index in [0.717, 1.165) is 0 Å². The van der Waals surface area contributed by atoms with E-state index in [9.17, 15) is 9.59 Å². The monoisotopic (exact) mass is 358 g/mol. The largest absolute Gasteiger partial charge is 0.497 e. The Morgan fingerprint density at radius 2 is 1.81 bits per heavy atom. The van der Waals surface area contributed by atoms with Crippen molar-refractivity contribution in [3.8, 4) is 23.0 Å². The van der Waals surface area contributed by atoms with Gasteiger partial charge >= 0.3 is 5.97 Å². The third kappa shape index (κ3) is 3.88. The molecule has 0 aliphatic carbocycles. The van der Waals surface area contributed by atoms with Crippen molar-refractivity contribution in [2.45, 2.75) is 6.42 Å². The minimum absolute atomic E-state index is 0.0123. The van der Waals surface area contributed by atoms with Gasteiger partial charge in [-0.25, -0.2) is 0 Å². The van der Waals surface area contributed by atoms with Gasteiger partial charge in [-0.3, -0.25) is 9.59 Å². The number of ketones is 1. The molecular formula is C19H18O7. The van der Waals surface area contributed by atoms with Crippen molar-refractivity contribution in [1.82, 2.24) is 0 Å². The first-order valence-corrected chi connectivity index (χ1v) is 7.90. The van der Waals surface area contributed by atoms with E-state index in [2.05, 4.69) is 0 Å². The Labute approximate surface area is 150 Å². The lowest BCUT2D eigenvalue weighted by Gasteiger charge is -2.10. The van der Waals surface area contributed by atoms with Crippen molar-refractivity contribution in [2.24, 2.45) is 0 Å². The zero-order valence-corrected chi connectivity index (χ0v) is 14.4. The molecule has 3 rings (SSSR count). The van der Waals surface area contributed by atoms with Gasteiger partial charge < -0.3 is 23.7 Å². The van der Waals surface area contributed by atoms with Crippen LogP contribution in [0.15, 0.2) is 36.4 Å². The summed E-state index contributed by atoms with van der Waals surface area (Å²) in [6.45, 7) is -0.220. The lowest BCUT2D eigenvalue weighted by Crippen LogP contribution is -2.16. The smallest absolute Gasteiger partial charge is 0.310 e. The van der Waals surface area contributed by atoms with E-state index in [0.29, 0.717) is 34.1 Å². The summed E-state index contributed by atoms with van der Waals surface area (Å²) in [7, 11) is 3.05. The fraction of sp³-hybridized carbons (Fsp3) is 0.263. The fourth-order valence-electron chi connectivity index (χ4n) is 2.50. The second-order valence-corrected chi connectivity index (χ2v) is 5.51. The lowest BCUT2D eigenvalue weighted by atomic mass is 10.1. The average Bonchev–Trinajstić information content (AvgIpc) is 3.14. The van der Waals surface area contributed by atoms with Crippen LogP contribution in [-0.4, -0.2) is 39.4 Å². The summed E-state index contributed by atoms with van der Waals surface area (Å²) >= 11 is 0. The van der Waals surface area contributed by atoms with Crippen LogP contribution in [0.5, 0.6) is 23.0 Å². The number of esters is 1. The highest BCUT2D eigenvalue weighted by atomic mass is 16.7. The molecule has 2 aromatic rings. The molecular weight excluding hydrogens is 340 g/mol. The molecule has 0 fully saturated rings. The normalized spacial score (nSPS) is 11.8. The van der Waals surface area contributed by atoms with E-state index < -0.39 is 5.97 Å². The van der Waals surface area contributed by atoms with Crippen LogP contribution >= 0.6 is 0 Å². The molecule has 136 valence electrons. The van der Waals surface area contributed by atoms with Gasteiger partial charge in [0.05, 0.1) is 20.6 Å². The molecule has 7 heteroatoms. The standard InChI is InChI=1S/C19H18O7/c1-22-14-5-3-13(17(9-14)23-2)8-19(21)24-10-15(20)12-4-6-16-18(7-12)26-11-25-16/h3-7,9H,8,10-11H2,1-2H3. The number of carbonyl (C=O) groups is 2. The maximum atomic E-state index is 12.2. The van der Waals surface area contributed by atoms with Crippen LogP contribution in [0.2, 0.25) is 0 Å².